The third-order valence-electron chi connectivity index (χ3n) is 6.19. The summed E-state index contributed by atoms with van der Waals surface area (Å²) in [6.07, 6.45) is 15.1. The number of rotatable bonds is 9. The van der Waals surface area contributed by atoms with Gasteiger partial charge in [-0.25, -0.2) is 8.42 Å². The molecule has 1 aromatic carbocycles. The Labute approximate surface area is 330 Å². The maximum Gasteiger partial charge on any atom is 1.00 e. The summed E-state index contributed by atoms with van der Waals surface area (Å²) in [4.78, 5) is 3.93. The Hall–Kier alpha value is 1.23. The van der Waals surface area contributed by atoms with Crippen LogP contribution in [-0.4, -0.2) is 54.6 Å². The quantitative estimate of drug-likeness (QED) is 0.235. The van der Waals surface area contributed by atoms with E-state index in [1.54, 1.807) is 30.8 Å². The second kappa shape index (κ2) is 40.4. The molecule has 3 rings (SSSR count). The SMILES string of the molecule is CC(CCO)CCO.CC1CCSCC1.CCCC(C)CCC.C[S-].Cc1ccc(S(=O)(=O)Cl)cc1.[Na+].[Na+].c1ccncc1. The number of pyridine rings is 1. The van der Waals surface area contributed by atoms with E-state index < -0.39 is 9.05 Å². The van der Waals surface area contributed by atoms with Crippen molar-refractivity contribution in [1.29, 1.82) is 0 Å². The van der Waals surface area contributed by atoms with Crippen LogP contribution in [0.2, 0.25) is 0 Å². The fourth-order valence-electron chi connectivity index (χ4n) is 3.54. The Morgan fingerprint density at radius 1 is 0.864 bits per heavy atom. The molecule has 0 aliphatic carbocycles. The first-order valence-electron chi connectivity index (χ1n) is 15.1. The number of halogens is 1. The fraction of sp³-hybridized carbons (Fsp3) is 0.667. The van der Waals surface area contributed by atoms with Crippen LogP contribution in [0.1, 0.15) is 91.5 Å². The van der Waals surface area contributed by atoms with E-state index in [4.69, 9.17) is 20.9 Å². The molecule has 0 bridgehead atoms. The number of benzene rings is 1. The summed E-state index contributed by atoms with van der Waals surface area (Å²) in [5.41, 5.74) is 1.01. The predicted molar refractivity (Wildman–Crippen MR) is 189 cm³/mol. The number of aliphatic hydroxyl groups excluding tert-OH is 2. The van der Waals surface area contributed by atoms with E-state index in [9.17, 15) is 8.42 Å². The number of aryl methyl sites for hydroxylation is 1. The van der Waals surface area contributed by atoms with Gasteiger partial charge in [-0.2, -0.15) is 18.0 Å². The molecule has 246 valence electrons. The molecule has 1 aliphatic rings. The van der Waals surface area contributed by atoms with Gasteiger partial charge in [0.15, 0.2) is 0 Å². The van der Waals surface area contributed by atoms with Crippen molar-refractivity contribution in [2.75, 3.05) is 31.0 Å². The molecule has 0 saturated carbocycles. The molecule has 44 heavy (non-hydrogen) atoms. The van der Waals surface area contributed by atoms with E-state index >= 15 is 0 Å². The Morgan fingerprint density at radius 3 is 1.52 bits per heavy atom. The number of nitrogens with zero attached hydrogens (tertiary/aromatic N) is 1. The van der Waals surface area contributed by atoms with Crippen LogP contribution >= 0.6 is 22.4 Å². The van der Waals surface area contributed by atoms with E-state index in [1.807, 2.05) is 32.0 Å². The molecular formula is C33H59ClNNa2O4S3+. The largest absolute Gasteiger partial charge is 1.00 e. The van der Waals surface area contributed by atoms with Gasteiger partial charge in [-0.15, -0.1) is 0 Å². The molecule has 0 amide bonds. The molecule has 1 aliphatic heterocycles. The minimum atomic E-state index is -3.55. The molecule has 1 aromatic heterocycles. The maximum absolute atomic E-state index is 10.7. The zero-order chi connectivity index (χ0) is 32.7. The first-order chi connectivity index (χ1) is 20.0. The van der Waals surface area contributed by atoms with Crippen molar-refractivity contribution < 1.29 is 77.7 Å². The van der Waals surface area contributed by atoms with Crippen molar-refractivity contribution in [1.82, 2.24) is 4.98 Å². The average Bonchev–Trinajstić information content (AvgIpc) is 2.97. The minimum absolute atomic E-state index is 0. The number of aliphatic hydroxyl groups is 2. The van der Waals surface area contributed by atoms with Crippen molar-refractivity contribution in [2.45, 2.75) is 97.8 Å². The van der Waals surface area contributed by atoms with Crippen molar-refractivity contribution in [3.63, 3.8) is 0 Å². The monoisotopic (exact) mass is 710 g/mol. The maximum atomic E-state index is 10.7. The summed E-state index contributed by atoms with van der Waals surface area (Å²) in [5, 5.41) is 16.8. The third-order valence-corrected chi connectivity index (χ3v) is 8.60. The van der Waals surface area contributed by atoms with Gasteiger partial charge in [-0.1, -0.05) is 84.1 Å². The zero-order valence-electron chi connectivity index (χ0n) is 29.2. The summed E-state index contributed by atoms with van der Waals surface area (Å²) in [6.45, 7) is 13.6. The Morgan fingerprint density at radius 2 is 1.27 bits per heavy atom. The Balaban J connectivity index is -0.000000142. The van der Waals surface area contributed by atoms with Gasteiger partial charge in [0.1, 0.15) is 0 Å². The number of hydrogen-bond donors (Lipinski definition) is 2. The number of aromatic nitrogens is 1. The van der Waals surface area contributed by atoms with Gasteiger partial charge >= 0.3 is 59.1 Å². The van der Waals surface area contributed by atoms with Crippen LogP contribution < -0.4 is 59.1 Å². The zero-order valence-corrected chi connectivity index (χ0v) is 36.4. The first kappa shape index (κ1) is 54.7. The second-order valence-corrected chi connectivity index (χ2v) is 14.2. The molecule has 0 atom stereocenters. The molecule has 2 N–H and O–H groups in total. The van der Waals surface area contributed by atoms with Gasteiger partial charge in [0.2, 0.25) is 0 Å². The molecule has 0 radical (unpaired) electrons. The van der Waals surface area contributed by atoms with Crippen LogP contribution in [0.25, 0.3) is 0 Å². The molecular weight excluding hydrogens is 652 g/mol. The number of hydrogen-bond acceptors (Lipinski definition) is 7. The third kappa shape index (κ3) is 41.3. The molecule has 11 heteroatoms. The van der Waals surface area contributed by atoms with Crippen LogP contribution in [0.4, 0.5) is 0 Å². The van der Waals surface area contributed by atoms with Gasteiger partial charge < -0.3 is 22.8 Å². The minimum Gasteiger partial charge on any atom is -0.796 e. The molecule has 0 unspecified atom stereocenters. The molecule has 1 fully saturated rings. The molecule has 1 saturated heterocycles. The fourth-order valence-corrected chi connectivity index (χ4v) is 5.66. The molecule has 0 spiro atoms. The van der Waals surface area contributed by atoms with Gasteiger partial charge in [-0.3, -0.25) is 4.98 Å². The molecule has 2 heterocycles. The number of thioether (sulfide) groups is 1. The first-order valence-corrected chi connectivity index (χ1v) is 19.4. The Kier molecular flexibility index (Phi) is 50.2. The van der Waals surface area contributed by atoms with Crippen molar-refractivity contribution in [2.24, 2.45) is 17.8 Å². The topological polar surface area (TPSA) is 87.5 Å². The van der Waals surface area contributed by atoms with Crippen LogP contribution in [-0.2, 0) is 21.7 Å². The average molecular weight is 711 g/mol. The van der Waals surface area contributed by atoms with E-state index in [2.05, 4.69) is 57.1 Å². The van der Waals surface area contributed by atoms with E-state index in [0.29, 0.717) is 5.92 Å². The predicted octanol–water partition coefficient (Wildman–Crippen LogP) is 2.93. The normalized spacial score (nSPS) is 11.9. The molecule has 2 aromatic rings. The van der Waals surface area contributed by atoms with Crippen LogP contribution in [0.3, 0.4) is 0 Å². The summed E-state index contributed by atoms with van der Waals surface area (Å²) >= 11 is 6.18. The van der Waals surface area contributed by atoms with Crippen LogP contribution in [0.15, 0.2) is 59.8 Å². The summed E-state index contributed by atoms with van der Waals surface area (Å²) < 4.78 is 21.4. The van der Waals surface area contributed by atoms with Crippen LogP contribution in [0.5, 0.6) is 0 Å². The van der Waals surface area contributed by atoms with Crippen molar-refractivity contribution >= 4 is 44.1 Å². The van der Waals surface area contributed by atoms with Crippen molar-refractivity contribution in [3.05, 3.63) is 60.4 Å². The van der Waals surface area contributed by atoms with Gasteiger partial charge in [0.25, 0.3) is 9.05 Å². The van der Waals surface area contributed by atoms with Gasteiger partial charge in [0, 0.05) is 36.3 Å². The summed E-state index contributed by atoms with van der Waals surface area (Å²) in [6, 6.07) is 12.1. The van der Waals surface area contributed by atoms with Gasteiger partial charge in [-0.05, 0) is 86.1 Å². The Bertz CT molecular complexity index is 841. The molecule has 5 nitrogen and oxygen atoms in total. The van der Waals surface area contributed by atoms with Crippen LogP contribution in [0, 0.1) is 24.7 Å². The second-order valence-electron chi connectivity index (χ2n) is 10.4. The summed E-state index contributed by atoms with van der Waals surface area (Å²) in [5.74, 6) is 5.25. The van der Waals surface area contributed by atoms with E-state index in [-0.39, 0.29) is 77.2 Å². The smallest absolute Gasteiger partial charge is 0.796 e. The van der Waals surface area contributed by atoms with E-state index in [1.165, 1.54) is 62.2 Å². The van der Waals surface area contributed by atoms with Crippen molar-refractivity contribution in [3.8, 4) is 0 Å². The van der Waals surface area contributed by atoms with Gasteiger partial charge in [0.05, 0.1) is 4.90 Å². The van der Waals surface area contributed by atoms with E-state index in [0.717, 1.165) is 30.2 Å². The standard InChI is InChI=1S/C8H18.C7H7ClO2S.C6H14O2.C6H12S.C5H5N.CH4S.2Na/c1-4-6-8(3)7-5-2;1-6-2-4-7(5-3-6)11(8,9)10;1-6(2-4-7)3-5-8;1-6-2-4-7-5-3-6;1-2-4-6-5-3-1;1-2;;/h8H,4-7H2,1-3H3;2-5H,1H3;6-8H,2-5H2,1H3;6H,2-5H2,1H3;1-5H;2H,1H3;;/q;;;;;;2*+1/p-1. The summed E-state index contributed by atoms with van der Waals surface area (Å²) in [7, 11) is 1.54.